The normalized spacial score (nSPS) is 11.7. The zero-order chi connectivity index (χ0) is 13.8. The van der Waals surface area contributed by atoms with Crippen LogP contribution in [0.5, 0.6) is 5.75 Å². The van der Waals surface area contributed by atoms with Crippen molar-refractivity contribution in [1.29, 1.82) is 0 Å². The van der Waals surface area contributed by atoms with Gasteiger partial charge >= 0.3 is 0 Å². The molecule has 0 bridgehead atoms. The second-order valence-corrected chi connectivity index (χ2v) is 7.51. The molecule has 0 N–H and O–H groups in total. The Kier molecular flexibility index (Phi) is 7.22. The summed E-state index contributed by atoms with van der Waals surface area (Å²) in [6.45, 7) is 5.13. The van der Waals surface area contributed by atoms with Crippen LogP contribution in [0.1, 0.15) is 26.7 Å². The van der Waals surface area contributed by atoms with Gasteiger partial charge in [-0.25, -0.2) is 0 Å². The fraction of sp³-hybridized carbons (Fsp3) is 0.538. The van der Waals surface area contributed by atoms with Gasteiger partial charge in [0, 0.05) is 15.2 Å². The summed E-state index contributed by atoms with van der Waals surface area (Å²) in [5, 5.41) is 0.957. The van der Waals surface area contributed by atoms with E-state index in [0.29, 0.717) is 6.61 Å². The molecule has 0 amide bonds. The minimum atomic E-state index is 0.200. The molecule has 0 fully saturated rings. The van der Waals surface area contributed by atoms with Crippen LogP contribution in [0, 0.1) is 5.41 Å². The minimum Gasteiger partial charge on any atom is -0.491 e. The lowest BCUT2D eigenvalue weighted by atomic mass is 9.86. The second kappa shape index (κ2) is 7.65. The van der Waals surface area contributed by atoms with E-state index in [9.17, 15) is 0 Å². The van der Waals surface area contributed by atoms with Crippen LogP contribution in [0.3, 0.4) is 0 Å². The highest BCUT2D eigenvalue weighted by Crippen LogP contribution is 2.38. The van der Waals surface area contributed by atoms with Gasteiger partial charge < -0.3 is 4.74 Å². The Morgan fingerprint density at radius 2 is 1.56 bits per heavy atom. The third kappa shape index (κ3) is 4.22. The van der Waals surface area contributed by atoms with Crippen LogP contribution in [0.4, 0.5) is 0 Å². The monoisotopic (exact) mass is 504 g/mol. The van der Waals surface area contributed by atoms with Gasteiger partial charge in [0.05, 0.1) is 15.6 Å². The van der Waals surface area contributed by atoms with Crippen LogP contribution in [-0.2, 0) is 0 Å². The molecule has 0 aromatic heterocycles. The van der Waals surface area contributed by atoms with E-state index in [0.717, 1.165) is 37.3 Å². The molecule has 1 aromatic carbocycles. The molecule has 0 aliphatic rings. The molecule has 0 unspecified atom stereocenters. The summed E-state index contributed by atoms with van der Waals surface area (Å²) in [5.74, 6) is 0.866. The number of hydrogen-bond acceptors (Lipinski definition) is 1. The summed E-state index contributed by atoms with van der Waals surface area (Å²) in [6.07, 6.45) is 2.20. The van der Waals surface area contributed by atoms with E-state index in [4.69, 9.17) is 4.74 Å². The molecular weight excluding hydrogens is 492 g/mol. The van der Waals surface area contributed by atoms with Gasteiger partial charge in [-0.3, -0.25) is 0 Å². The van der Waals surface area contributed by atoms with Crippen molar-refractivity contribution in [2.24, 2.45) is 5.41 Å². The van der Waals surface area contributed by atoms with E-state index in [2.05, 4.69) is 77.6 Å². The van der Waals surface area contributed by atoms with E-state index < -0.39 is 0 Å². The summed E-state index contributed by atoms with van der Waals surface area (Å²) in [7, 11) is 0. The summed E-state index contributed by atoms with van der Waals surface area (Å²) < 4.78 is 8.95. The van der Waals surface area contributed by atoms with Gasteiger partial charge in [0.25, 0.3) is 0 Å². The highest BCUT2D eigenvalue weighted by atomic mass is 79.9. The molecule has 0 aliphatic carbocycles. The van der Waals surface area contributed by atoms with Crippen molar-refractivity contribution in [2.75, 3.05) is 11.9 Å². The Bertz CT molecular complexity index is 371. The number of hydrogen-bond donors (Lipinski definition) is 0. The summed E-state index contributed by atoms with van der Waals surface area (Å²) in [5.41, 5.74) is 0.200. The first-order valence-electron chi connectivity index (χ1n) is 5.81. The Morgan fingerprint density at radius 1 is 1.06 bits per heavy atom. The summed E-state index contributed by atoms with van der Waals surface area (Å²) in [4.78, 5) is 0. The van der Waals surface area contributed by atoms with Crippen LogP contribution in [0.25, 0.3) is 0 Å². The van der Waals surface area contributed by atoms with Gasteiger partial charge in [-0.05, 0) is 56.8 Å². The Hall–Kier alpha value is 0.940. The van der Waals surface area contributed by atoms with Gasteiger partial charge in [-0.1, -0.05) is 45.7 Å². The predicted molar refractivity (Wildman–Crippen MR) is 91.8 cm³/mol. The predicted octanol–water partition coefficient (Wildman–Crippen LogP) is 6.55. The number of halogens is 4. The minimum absolute atomic E-state index is 0.200. The van der Waals surface area contributed by atoms with E-state index in [1.807, 2.05) is 12.1 Å². The van der Waals surface area contributed by atoms with Gasteiger partial charge in [-0.15, -0.1) is 0 Å². The second-order valence-electron chi connectivity index (χ2n) is 4.33. The van der Waals surface area contributed by atoms with Crippen molar-refractivity contribution >= 4 is 63.7 Å². The van der Waals surface area contributed by atoms with Gasteiger partial charge in [0.2, 0.25) is 0 Å². The third-order valence-electron chi connectivity index (χ3n) is 3.27. The van der Waals surface area contributed by atoms with E-state index >= 15 is 0 Å². The number of benzene rings is 1. The van der Waals surface area contributed by atoms with Crippen LogP contribution in [-0.4, -0.2) is 11.9 Å². The molecule has 0 saturated heterocycles. The zero-order valence-corrected chi connectivity index (χ0v) is 16.7. The quantitative estimate of drug-likeness (QED) is 0.397. The van der Waals surface area contributed by atoms with Crippen LogP contribution in [0.15, 0.2) is 25.6 Å². The standard InChI is InChI=1S/C13H16Br4O/c1-3-13(4-2,7-14)8-18-12-10(16)5-9(15)6-11(12)17/h5-6H,3-4,7-8H2,1-2H3. The summed E-state index contributed by atoms with van der Waals surface area (Å²) in [6, 6.07) is 3.99. The highest BCUT2D eigenvalue weighted by molar-refractivity contribution is 9.11. The van der Waals surface area contributed by atoms with E-state index in [1.165, 1.54) is 0 Å². The molecule has 18 heavy (non-hydrogen) atoms. The van der Waals surface area contributed by atoms with Crippen LogP contribution >= 0.6 is 63.7 Å². The molecule has 0 aliphatic heterocycles. The molecule has 0 radical (unpaired) electrons. The maximum Gasteiger partial charge on any atom is 0.147 e. The molecule has 1 rings (SSSR count). The third-order valence-corrected chi connectivity index (χ3v) is 6.09. The topological polar surface area (TPSA) is 9.23 Å². The first-order valence-corrected chi connectivity index (χ1v) is 9.31. The van der Waals surface area contributed by atoms with Gasteiger partial charge in [-0.2, -0.15) is 0 Å². The lowest BCUT2D eigenvalue weighted by molar-refractivity contribution is 0.156. The largest absolute Gasteiger partial charge is 0.491 e. The molecule has 0 atom stereocenters. The van der Waals surface area contributed by atoms with E-state index in [1.54, 1.807) is 0 Å². The molecule has 0 saturated carbocycles. The fourth-order valence-corrected chi connectivity index (χ4v) is 5.02. The molecule has 102 valence electrons. The maximum absolute atomic E-state index is 6.02. The number of alkyl halides is 1. The van der Waals surface area contributed by atoms with Crippen molar-refractivity contribution in [3.8, 4) is 5.75 Å². The molecule has 1 aromatic rings. The Morgan fingerprint density at radius 3 is 1.94 bits per heavy atom. The van der Waals surface area contributed by atoms with Crippen molar-refractivity contribution in [3.05, 3.63) is 25.6 Å². The van der Waals surface area contributed by atoms with Crippen LogP contribution < -0.4 is 4.74 Å². The van der Waals surface area contributed by atoms with Crippen molar-refractivity contribution in [1.82, 2.24) is 0 Å². The van der Waals surface area contributed by atoms with Crippen molar-refractivity contribution < 1.29 is 4.74 Å². The lowest BCUT2D eigenvalue weighted by Crippen LogP contribution is -2.29. The Balaban J connectivity index is 2.86. The number of ether oxygens (including phenoxy) is 1. The van der Waals surface area contributed by atoms with Crippen molar-refractivity contribution in [2.45, 2.75) is 26.7 Å². The Labute approximate surface area is 143 Å². The van der Waals surface area contributed by atoms with Crippen molar-refractivity contribution in [3.63, 3.8) is 0 Å². The van der Waals surface area contributed by atoms with Gasteiger partial charge in [0.1, 0.15) is 5.75 Å². The first kappa shape index (κ1) is 17.0. The molecular formula is C13H16Br4O. The zero-order valence-electron chi connectivity index (χ0n) is 10.4. The van der Waals surface area contributed by atoms with E-state index in [-0.39, 0.29) is 5.41 Å². The molecule has 0 heterocycles. The summed E-state index contributed by atoms with van der Waals surface area (Å²) >= 11 is 14.1. The molecule has 5 heteroatoms. The molecule has 1 nitrogen and oxygen atoms in total. The van der Waals surface area contributed by atoms with Crippen LogP contribution in [0.2, 0.25) is 0 Å². The first-order chi connectivity index (χ1) is 8.48. The fourth-order valence-electron chi connectivity index (χ4n) is 1.57. The van der Waals surface area contributed by atoms with Gasteiger partial charge in [0.15, 0.2) is 0 Å². The average Bonchev–Trinajstić information content (AvgIpc) is 2.33. The molecule has 0 spiro atoms. The SMILES string of the molecule is CCC(CC)(CBr)COc1c(Br)cc(Br)cc1Br. The number of rotatable bonds is 6. The maximum atomic E-state index is 6.02. The lowest BCUT2D eigenvalue weighted by Gasteiger charge is -2.29. The highest BCUT2D eigenvalue weighted by Gasteiger charge is 2.26. The smallest absolute Gasteiger partial charge is 0.147 e. The average molecular weight is 508 g/mol.